The third-order valence-corrected chi connectivity index (χ3v) is 5.13. The Morgan fingerprint density at radius 1 is 1.07 bits per heavy atom. The number of rotatable bonds is 6. The van der Waals surface area contributed by atoms with Crippen molar-refractivity contribution in [3.8, 4) is 11.1 Å². The Bertz CT molecular complexity index is 769. The van der Waals surface area contributed by atoms with Crippen molar-refractivity contribution >= 4 is 6.03 Å². The zero-order chi connectivity index (χ0) is 19.4. The summed E-state index contributed by atoms with van der Waals surface area (Å²) in [5, 5.41) is 22.4. The average molecular weight is 372 g/mol. The minimum absolute atomic E-state index is 0.145. The van der Waals surface area contributed by atoms with Crippen molar-refractivity contribution in [3.05, 3.63) is 59.9 Å². The number of likely N-dealkylation sites (tertiary alicyclic amines) is 1. The zero-order valence-electron chi connectivity index (χ0n) is 15.3. The van der Waals surface area contributed by atoms with Crippen molar-refractivity contribution in [2.45, 2.75) is 31.3 Å². The van der Waals surface area contributed by atoms with Crippen LogP contribution in [0.25, 0.3) is 11.1 Å². The van der Waals surface area contributed by atoms with Crippen LogP contribution in [0.15, 0.2) is 48.5 Å². The van der Waals surface area contributed by atoms with Gasteiger partial charge in [-0.2, -0.15) is 0 Å². The molecule has 5 nitrogen and oxygen atoms in total. The smallest absolute Gasteiger partial charge is 0.318 e. The van der Waals surface area contributed by atoms with Crippen molar-refractivity contribution < 1.29 is 19.4 Å². The predicted octanol–water partition coefficient (Wildman–Crippen LogP) is 2.73. The van der Waals surface area contributed by atoms with Gasteiger partial charge in [0.2, 0.25) is 0 Å². The molecule has 0 aliphatic carbocycles. The molecule has 27 heavy (non-hydrogen) atoms. The van der Waals surface area contributed by atoms with E-state index < -0.39 is 0 Å². The second kappa shape index (κ2) is 8.50. The molecule has 2 aromatic rings. The van der Waals surface area contributed by atoms with Crippen molar-refractivity contribution in [3.63, 3.8) is 0 Å². The SMILES string of the molecule is CCCNC(=O)N1[C@H](CO)C(c2ccc(-c3cccc(F)c3)cc2)[C@H]1CO. The zero-order valence-corrected chi connectivity index (χ0v) is 15.3. The van der Waals surface area contributed by atoms with Crippen molar-refractivity contribution in [1.82, 2.24) is 10.2 Å². The van der Waals surface area contributed by atoms with Gasteiger partial charge in [-0.1, -0.05) is 43.3 Å². The first-order chi connectivity index (χ1) is 13.1. The van der Waals surface area contributed by atoms with Gasteiger partial charge in [-0.25, -0.2) is 9.18 Å². The summed E-state index contributed by atoms with van der Waals surface area (Å²) < 4.78 is 13.4. The molecular weight excluding hydrogens is 347 g/mol. The molecule has 0 bridgehead atoms. The number of carbonyl (C=O) groups is 1. The van der Waals surface area contributed by atoms with Gasteiger partial charge in [-0.3, -0.25) is 0 Å². The second-order valence-electron chi connectivity index (χ2n) is 6.80. The van der Waals surface area contributed by atoms with Gasteiger partial charge in [0.1, 0.15) is 5.82 Å². The largest absolute Gasteiger partial charge is 0.394 e. The van der Waals surface area contributed by atoms with Crippen LogP contribution in [0.2, 0.25) is 0 Å². The molecule has 3 N–H and O–H groups in total. The first kappa shape index (κ1) is 19.3. The molecule has 2 amide bonds. The van der Waals surface area contributed by atoms with Crippen LogP contribution in [-0.2, 0) is 0 Å². The van der Waals surface area contributed by atoms with Crippen LogP contribution in [0, 0.1) is 5.82 Å². The molecule has 0 radical (unpaired) electrons. The third-order valence-electron chi connectivity index (χ3n) is 5.13. The first-order valence-corrected chi connectivity index (χ1v) is 9.24. The van der Waals surface area contributed by atoms with E-state index in [4.69, 9.17) is 0 Å². The van der Waals surface area contributed by atoms with Gasteiger partial charge in [0.25, 0.3) is 0 Å². The number of aliphatic hydroxyl groups is 2. The molecule has 0 aromatic heterocycles. The van der Waals surface area contributed by atoms with Crippen LogP contribution < -0.4 is 5.32 Å². The van der Waals surface area contributed by atoms with Crippen molar-refractivity contribution in [1.29, 1.82) is 0 Å². The number of urea groups is 1. The lowest BCUT2D eigenvalue weighted by molar-refractivity contribution is -0.0320. The molecule has 1 fully saturated rings. The molecule has 144 valence electrons. The monoisotopic (exact) mass is 372 g/mol. The maximum atomic E-state index is 13.4. The van der Waals surface area contributed by atoms with Gasteiger partial charge in [-0.15, -0.1) is 0 Å². The highest BCUT2D eigenvalue weighted by Crippen LogP contribution is 2.41. The quantitative estimate of drug-likeness (QED) is 0.730. The molecule has 2 aromatic carbocycles. The third kappa shape index (κ3) is 3.82. The Balaban J connectivity index is 1.79. The van der Waals surface area contributed by atoms with Crippen LogP contribution >= 0.6 is 0 Å². The lowest BCUT2D eigenvalue weighted by atomic mass is 9.75. The van der Waals surface area contributed by atoms with Gasteiger partial charge in [0, 0.05) is 12.5 Å². The Hall–Kier alpha value is -2.44. The Labute approximate surface area is 158 Å². The topological polar surface area (TPSA) is 72.8 Å². The fourth-order valence-electron chi connectivity index (χ4n) is 3.78. The molecule has 1 heterocycles. The minimum atomic E-state index is -0.376. The van der Waals surface area contributed by atoms with Crippen molar-refractivity contribution in [2.75, 3.05) is 19.8 Å². The number of halogens is 1. The number of aliphatic hydroxyl groups excluding tert-OH is 2. The minimum Gasteiger partial charge on any atom is -0.394 e. The molecule has 1 saturated heterocycles. The van der Waals surface area contributed by atoms with E-state index in [9.17, 15) is 19.4 Å². The van der Waals surface area contributed by atoms with Crippen molar-refractivity contribution in [2.24, 2.45) is 0 Å². The lowest BCUT2D eigenvalue weighted by Crippen LogP contribution is -2.68. The van der Waals surface area contributed by atoms with E-state index in [1.165, 1.54) is 17.0 Å². The Kier molecular flexibility index (Phi) is 6.08. The molecule has 3 rings (SSSR count). The molecule has 1 aliphatic rings. The highest BCUT2D eigenvalue weighted by Gasteiger charge is 2.50. The number of hydrogen-bond acceptors (Lipinski definition) is 3. The molecule has 0 saturated carbocycles. The fourth-order valence-corrected chi connectivity index (χ4v) is 3.78. The summed E-state index contributed by atoms with van der Waals surface area (Å²) >= 11 is 0. The molecular formula is C21H25FN2O3. The van der Waals surface area contributed by atoms with E-state index in [2.05, 4.69) is 5.32 Å². The highest BCUT2D eigenvalue weighted by molar-refractivity contribution is 5.77. The lowest BCUT2D eigenvalue weighted by Gasteiger charge is -2.54. The van der Waals surface area contributed by atoms with Crippen LogP contribution in [0.3, 0.4) is 0 Å². The molecule has 6 heteroatoms. The molecule has 0 unspecified atom stereocenters. The number of carbonyl (C=O) groups excluding carboxylic acids is 1. The molecule has 2 atom stereocenters. The Morgan fingerprint density at radius 3 is 2.30 bits per heavy atom. The number of amides is 2. The summed E-state index contributed by atoms with van der Waals surface area (Å²) in [6, 6.07) is 13.0. The summed E-state index contributed by atoms with van der Waals surface area (Å²) in [6.45, 7) is 2.17. The molecule has 1 aliphatic heterocycles. The summed E-state index contributed by atoms with van der Waals surface area (Å²) in [7, 11) is 0. The van der Waals surface area contributed by atoms with E-state index in [1.54, 1.807) is 6.07 Å². The number of hydrogen-bond donors (Lipinski definition) is 3. The van der Waals surface area contributed by atoms with E-state index in [0.29, 0.717) is 6.54 Å². The van der Waals surface area contributed by atoms with E-state index in [1.807, 2.05) is 37.3 Å². The van der Waals surface area contributed by atoms with Crippen LogP contribution in [-0.4, -0.2) is 53.0 Å². The van der Waals surface area contributed by atoms with Gasteiger partial charge >= 0.3 is 6.03 Å². The maximum absolute atomic E-state index is 13.4. The Morgan fingerprint density at radius 2 is 1.74 bits per heavy atom. The summed E-state index contributed by atoms with van der Waals surface area (Å²) in [5.74, 6) is -0.432. The predicted molar refractivity (Wildman–Crippen MR) is 102 cm³/mol. The number of benzene rings is 2. The summed E-state index contributed by atoms with van der Waals surface area (Å²) in [6.07, 6.45) is 0.818. The second-order valence-corrected chi connectivity index (χ2v) is 6.80. The molecule has 0 spiro atoms. The van der Waals surface area contributed by atoms with E-state index in [0.717, 1.165) is 23.1 Å². The summed E-state index contributed by atoms with van der Waals surface area (Å²) in [4.78, 5) is 13.9. The first-order valence-electron chi connectivity index (χ1n) is 9.24. The maximum Gasteiger partial charge on any atom is 0.318 e. The van der Waals surface area contributed by atoms with Gasteiger partial charge in [-0.05, 0) is 35.2 Å². The van der Waals surface area contributed by atoms with Gasteiger partial charge < -0.3 is 20.4 Å². The van der Waals surface area contributed by atoms with Crippen LogP contribution in [0.4, 0.5) is 9.18 Å². The van der Waals surface area contributed by atoms with Gasteiger partial charge in [0.15, 0.2) is 0 Å². The van der Waals surface area contributed by atoms with Crippen LogP contribution in [0.1, 0.15) is 24.8 Å². The standard InChI is InChI=1S/C21H25FN2O3/c1-2-10-23-21(27)24-18(12-25)20(19(24)13-26)15-8-6-14(7-9-15)16-4-3-5-17(22)11-16/h3-9,11,18-20,25-26H,2,10,12-13H2,1H3,(H,23,27)/t18-,19-/m1/s1. The van der Waals surface area contributed by atoms with Crippen LogP contribution in [0.5, 0.6) is 0 Å². The van der Waals surface area contributed by atoms with Gasteiger partial charge in [0.05, 0.1) is 25.3 Å². The normalized spacial score (nSPS) is 19.6. The van der Waals surface area contributed by atoms with E-state index in [-0.39, 0.29) is 43.1 Å². The fraction of sp³-hybridized carbons (Fsp3) is 0.381. The highest BCUT2D eigenvalue weighted by atomic mass is 19.1. The summed E-state index contributed by atoms with van der Waals surface area (Å²) in [5.41, 5.74) is 2.61. The van der Waals surface area contributed by atoms with E-state index >= 15 is 0 Å². The number of nitrogens with one attached hydrogen (secondary N) is 1. The number of nitrogens with zero attached hydrogens (tertiary/aromatic N) is 1. The average Bonchev–Trinajstić information content (AvgIpc) is 2.67.